The van der Waals surface area contributed by atoms with Crippen LogP contribution in [0.3, 0.4) is 0 Å². The lowest BCUT2D eigenvalue weighted by Crippen LogP contribution is -2.46. The van der Waals surface area contributed by atoms with Crippen molar-refractivity contribution in [3.05, 3.63) is 0 Å². The third-order valence-electron chi connectivity index (χ3n) is 3.09. The number of nitrogens with zero attached hydrogens (tertiary/aromatic N) is 1. The molecule has 2 rings (SSSR count). The van der Waals surface area contributed by atoms with Gasteiger partial charge in [0.2, 0.25) is 5.91 Å². The smallest absolute Gasteiger partial charge is 0.221 e. The number of rotatable bonds is 4. The Labute approximate surface area is 97.3 Å². The van der Waals surface area contributed by atoms with Gasteiger partial charge in [0, 0.05) is 32.1 Å². The first kappa shape index (κ1) is 11.9. The maximum atomic E-state index is 11.5. The first-order valence-electron chi connectivity index (χ1n) is 6.30. The van der Waals surface area contributed by atoms with E-state index in [0.29, 0.717) is 12.5 Å². The fraction of sp³-hybridized carbons (Fsp3) is 0.917. The van der Waals surface area contributed by atoms with E-state index in [1.165, 1.54) is 0 Å². The lowest BCUT2D eigenvalue weighted by molar-refractivity contribution is -0.122. The molecule has 4 heteroatoms. The Hall–Kier alpha value is -0.610. The highest BCUT2D eigenvalue weighted by Gasteiger charge is 2.25. The zero-order valence-electron chi connectivity index (χ0n) is 10.2. The Morgan fingerprint density at radius 3 is 2.50 bits per heavy atom. The highest BCUT2D eigenvalue weighted by molar-refractivity contribution is 5.76. The van der Waals surface area contributed by atoms with Gasteiger partial charge in [-0.2, -0.15) is 0 Å². The summed E-state index contributed by atoms with van der Waals surface area (Å²) >= 11 is 0. The summed E-state index contributed by atoms with van der Waals surface area (Å²) < 4.78 is 5.66. The van der Waals surface area contributed by atoms with Gasteiger partial charge >= 0.3 is 0 Å². The molecule has 2 aliphatic rings. The van der Waals surface area contributed by atoms with Gasteiger partial charge < -0.3 is 10.1 Å². The summed E-state index contributed by atoms with van der Waals surface area (Å²) in [5, 5.41) is 3.02. The number of nitrogens with one attached hydrogen (secondary N) is 1. The molecule has 92 valence electrons. The van der Waals surface area contributed by atoms with Crippen molar-refractivity contribution in [3.8, 4) is 0 Å². The molecule has 1 aliphatic carbocycles. The van der Waals surface area contributed by atoms with Gasteiger partial charge in [-0.1, -0.05) is 0 Å². The van der Waals surface area contributed by atoms with Crippen molar-refractivity contribution in [2.45, 2.75) is 51.4 Å². The van der Waals surface area contributed by atoms with Gasteiger partial charge in [-0.15, -0.1) is 0 Å². The lowest BCUT2D eigenvalue weighted by atomic mass is 10.2. The van der Waals surface area contributed by atoms with Crippen molar-refractivity contribution < 1.29 is 9.53 Å². The van der Waals surface area contributed by atoms with Crippen molar-refractivity contribution in [3.63, 3.8) is 0 Å². The van der Waals surface area contributed by atoms with Crippen molar-refractivity contribution in [2.75, 3.05) is 19.6 Å². The van der Waals surface area contributed by atoms with Crippen LogP contribution in [0.1, 0.15) is 33.1 Å². The topological polar surface area (TPSA) is 41.6 Å². The molecule has 0 bridgehead atoms. The van der Waals surface area contributed by atoms with Crippen LogP contribution in [-0.2, 0) is 9.53 Å². The van der Waals surface area contributed by atoms with Crippen LogP contribution in [0.5, 0.6) is 0 Å². The van der Waals surface area contributed by atoms with E-state index in [-0.39, 0.29) is 18.1 Å². The number of ether oxygens (including phenoxy) is 1. The van der Waals surface area contributed by atoms with E-state index >= 15 is 0 Å². The summed E-state index contributed by atoms with van der Waals surface area (Å²) in [5.74, 6) is 0.203. The van der Waals surface area contributed by atoms with Gasteiger partial charge in [0.05, 0.1) is 12.2 Å². The van der Waals surface area contributed by atoms with Gasteiger partial charge in [-0.05, 0) is 26.7 Å². The Morgan fingerprint density at radius 1 is 1.31 bits per heavy atom. The molecule has 0 spiro atoms. The molecule has 1 N–H and O–H groups in total. The first-order valence-corrected chi connectivity index (χ1v) is 6.30. The quantitative estimate of drug-likeness (QED) is 0.769. The molecule has 0 aromatic heterocycles. The maximum absolute atomic E-state index is 11.5. The van der Waals surface area contributed by atoms with Crippen LogP contribution < -0.4 is 5.32 Å². The average Bonchev–Trinajstić information content (AvgIpc) is 2.97. The van der Waals surface area contributed by atoms with Crippen molar-refractivity contribution >= 4 is 5.91 Å². The van der Waals surface area contributed by atoms with Crippen LogP contribution in [0.25, 0.3) is 0 Å². The molecule has 16 heavy (non-hydrogen) atoms. The van der Waals surface area contributed by atoms with E-state index in [0.717, 1.165) is 32.5 Å². The number of carbonyl (C=O) groups excluding carboxylic acids is 1. The van der Waals surface area contributed by atoms with Gasteiger partial charge in [0.1, 0.15) is 0 Å². The third kappa shape index (κ3) is 3.76. The minimum absolute atomic E-state index is 0.203. The lowest BCUT2D eigenvalue weighted by Gasteiger charge is -2.35. The van der Waals surface area contributed by atoms with Crippen molar-refractivity contribution in [2.24, 2.45) is 0 Å². The van der Waals surface area contributed by atoms with Gasteiger partial charge in [0.15, 0.2) is 0 Å². The number of morpholine rings is 1. The molecule has 0 radical (unpaired) electrons. The molecule has 4 nitrogen and oxygen atoms in total. The number of carbonyl (C=O) groups is 1. The molecular formula is C12H22N2O2. The van der Waals surface area contributed by atoms with Crippen molar-refractivity contribution in [1.82, 2.24) is 10.2 Å². The van der Waals surface area contributed by atoms with Gasteiger partial charge in [0.25, 0.3) is 0 Å². The second kappa shape index (κ2) is 5.15. The molecular weight excluding hydrogens is 204 g/mol. The molecule has 2 atom stereocenters. The van der Waals surface area contributed by atoms with E-state index in [9.17, 15) is 4.79 Å². The molecule has 0 aromatic carbocycles. The summed E-state index contributed by atoms with van der Waals surface area (Å²) in [6.07, 6.45) is 3.52. The van der Waals surface area contributed by atoms with E-state index in [1.807, 2.05) is 0 Å². The third-order valence-corrected chi connectivity index (χ3v) is 3.09. The predicted molar refractivity (Wildman–Crippen MR) is 62.2 cm³/mol. The molecule has 0 aromatic rings. The largest absolute Gasteiger partial charge is 0.373 e. The number of hydrogen-bond acceptors (Lipinski definition) is 3. The van der Waals surface area contributed by atoms with E-state index in [2.05, 4.69) is 24.1 Å². The highest BCUT2D eigenvalue weighted by Crippen LogP contribution is 2.18. The maximum Gasteiger partial charge on any atom is 0.221 e. The SMILES string of the molecule is C[C@@H]1CN(CCC(=O)NC2CC2)C[C@@H](C)O1. The van der Waals surface area contributed by atoms with Crippen LogP contribution in [0.2, 0.25) is 0 Å². The van der Waals surface area contributed by atoms with Crippen LogP contribution >= 0.6 is 0 Å². The number of hydrogen-bond donors (Lipinski definition) is 1. The molecule has 1 saturated carbocycles. The molecule has 0 unspecified atom stereocenters. The van der Waals surface area contributed by atoms with Crippen LogP contribution in [0, 0.1) is 0 Å². The predicted octanol–water partition coefficient (Wildman–Crippen LogP) is 0.764. The normalized spacial score (nSPS) is 31.4. The standard InChI is InChI=1S/C12H22N2O2/c1-9-7-14(8-10(2)16-9)6-5-12(15)13-11-3-4-11/h9-11H,3-8H2,1-2H3,(H,13,15)/t9-,10-/m1/s1. The van der Waals surface area contributed by atoms with Gasteiger partial charge in [-0.25, -0.2) is 0 Å². The molecule has 1 amide bonds. The second-order valence-corrected chi connectivity index (χ2v) is 5.11. The highest BCUT2D eigenvalue weighted by atomic mass is 16.5. The molecule has 1 aliphatic heterocycles. The monoisotopic (exact) mass is 226 g/mol. The minimum atomic E-state index is 0.203. The van der Waals surface area contributed by atoms with Crippen LogP contribution in [0.15, 0.2) is 0 Å². The fourth-order valence-corrected chi connectivity index (χ4v) is 2.25. The first-order chi connectivity index (χ1) is 7.63. The molecule has 1 saturated heterocycles. The zero-order chi connectivity index (χ0) is 11.5. The minimum Gasteiger partial charge on any atom is -0.373 e. The Balaban J connectivity index is 1.65. The van der Waals surface area contributed by atoms with E-state index in [1.54, 1.807) is 0 Å². The summed E-state index contributed by atoms with van der Waals surface area (Å²) in [5.41, 5.74) is 0. The Bertz CT molecular complexity index is 243. The Morgan fingerprint density at radius 2 is 1.94 bits per heavy atom. The van der Waals surface area contributed by atoms with E-state index < -0.39 is 0 Å². The summed E-state index contributed by atoms with van der Waals surface area (Å²) in [6, 6.07) is 0.482. The van der Waals surface area contributed by atoms with Gasteiger partial charge in [-0.3, -0.25) is 9.69 Å². The number of amides is 1. The summed E-state index contributed by atoms with van der Waals surface area (Å²) in [4.78, 5) is 13.9. The zero-order valence-corrected chi connectivity index (χ0v) is 10.2. The van der Waals surface area contributed by atoms with Crippen LogP contribution in [-0.4, -0.2) is 48.7 Å². The molecule has 2 fully saturated rings. The molecule has 1 heterocycles. The second-order valence-electron chi connectivity index (χ2n) is 5.11. The summed E-state index contributed by atoms with van der Waals surface area (Å²) in [7, 11) is 0. The van der Waals surface area contributed by atoms with Crippen molar-refractivity contribution in [1.29, 1.82) is 0 Å². The summed E-state index contributed by atoms with van der Waals surface area (Å²) in [6.45, 7) is 6.93. The average molecular weight is 226 g/mol. The Kier molecular flexibility index (Phi) is 3.82. The van der Waals surface area contributed by atoms with Crippen LogP contribution in [0.4, 0.5) is 0 Å². The fourth-order valence-electron chi connectivity index (χ4n) is 2.25. The van der Waals surface area contributed by atoms with E-state index in [4.69, 9.17) is 4.74 Å².